The van der Waals surface area contributed by atoms with Crippen molar-refractivity contribution < 1.29 is 31.2 Å². The van der Waals surface area contributed by atoms with E-state index < -0.39 is 0 Å². The molecule has 0 N–H and O–H groups in total. The Morgan fingerprint density at radius 1 is 1.00 bits per heavy atom. The molecule has 0 aliphatic carbocycles. The Balaban J connectivity index is 0.000000539. The number of hydrogen-bond donors (Lipinski definition) is 0. The van der Waals surface area contributed by atoms with E-state index in [-0.39, 0.29) is 27.1 Å². The van der Waals surface area contributed by atoms with Crippen LogP contribution in [0.2, 0.25) is 13.1 Å². The fourth-order valence-corrected chi connectivity index (χ4v) is 2.41. The van der Waals surface area contributed by atoms with Gasteiger partial charge in [-0.15, -0.1) is 29.7 Å². The minimum absolute atomic E-state index is 0. The van der Waals surface area contributed by atoms with Crippen molar-refractivity contribution >= 4 is 20.3 Å². The Kier molecular flexibility index (Phi) is 14.0. The molecule has 0 aliphatic rings. The summed E-state index contributed by atoms with van der Waals surface area (Å²) < 4.78 is 10.7. The van der Waals surface area contributed by atoms with Crippen LogP contribution >= 0.6 is 0 Å². The van der Waals surface area contributed by atoms with Gasteiger partial charge >= 0.3 is 0 Å². The van der Waals surface area contributed by atoms with Crippen molar-refractivity contribution in [3.63, 3.8) is 0 Å². The zero-order chi connectivity index (χ0) is 21.7. The molecule has 0 fully saturated rings. The standard InChI is InChI=1S/C15H20O2.C9H7.C2H6Si.Ti/c1-6-12(15(2,3)4)11-17-14-9-7-8-13(10-14)16-5;1-2-5-9-7-3-6-8(9)4-1;1-3-2;/h6-11H,1H2,2-5H3;1-7H;1-2H3;/q;-1;;. The molecule has 3 aromatic carbocycles. The van der Waals surface area contributed by atoms with Crippen molar-refractivity contribution in [2.75, 3.05) is 7.11 Å². The summed E-state index contributed by atoms with van der Waals surface area (Å²) in [5.41, 5.74) is 1.08. The van der Waals surface area contributed by atoms with Crippen LogP contribution in [0.3, 0.4) is 0 Å². The minimum atomic E-state index is 0. The van der Waals surface area contributed by atoms with Crippen molar-refractivity contribution in [1.29, 1.82) is 0 Å². The summed E-state index contributed by atoms with van der Waals surface area (Å²) in [6.07, 6.45) is 3.56. The summed E-state index contributed by atoms with van der Waals surface area (Å²) in [6.45, 7) is 14.5. The van der Waals surface area contributed by atoms with Crippen molar-refractivity contribution in [3.05, 3.63) is 91.2 Å². The van der Waals surface area contributed by atoms with E-state index in [1.54, 1.807) is 13.4 Å². The van der Waals surface area contributed by atoms with Gasteiger partial charge in [0.2, 0.25) is 0 Å². The monoisotopic (exact) mass is 453 g/mol. The Hall–Kier alpha value is -1.94. The van der Waals surface area contributed by atoms with E-state index in [1.165, 1.54) is 10.8 Å². The quantitative estimate of drug-likeness (QED) is 0.176. The summed E-state index contributed by atoms with van der Waals surface area (Å²) in [7, 11) is 2.72. The SMILES string of the molecule is C=CC(=COc1cccc(OC)c1)C(C)(C)C.C[Si]C.[Ti].c1ccc2[cH-]ccc2c1. The van der Waals surface area contributed by atoms with Crippen LogP contribution in [-0.4, -0.2) is 16.6 Å². The molecule has 0 aliphatic heterocycles. The number of methoxy groups -OCH3 is 1. The summed E-state index contributed by atoms with van der Waals surface area (Å²) >= 11 is 0. The summed E-state index contributed by atoms with van der Waals surface area (Å²) in [5.74, 6) is 1.54. The van der Waals surface area contributed by atoms with Crippen LogP contribution < -0.4 is 9.47 Å². The molecule has 4 heteroatoms. The van der Waals surface area contributed by atoms with Crippen LogP contribution in [-0.2, 0) is 21.7 Å². The maximum atomic E-state index is 5.61. The van der Waals surface area contributed by atoms with Crippen LogP contribution in [0, 0.1) is 5.41 Å². The van der Waals surface area contributed by atoms with E-state index in [0.717, 1.165) is 26.6 Å². The molecule has 3 aromatic rings. The molecule has 0 atom stereocenters. The minimum Gasteiger partial charge on any atom is -0.497 e. The molecule has 0 saturated heterocycles. The molecule has 0 bridgehead atoms. The van der Waals surface area contributed by atoms with E-state index >= 15 is 0 Å². The second-order valence-electron chi connectivity index (χ2n) is 7.48. The second kappa shape index (κ2) is 15.0. The first-order valence-corrected chi connectivity index (χ1v) is 11.7. The third kappa shape index (κ3) is 10.2. The molecule has 3 rings (SSSR count). The maximum Gasteiger partial charge on any atom is 0.130 e. The number of fused-ring (bicyclic) bond motifs is 1. The zero-order valence-corrected chi connectivity index (χ0v) is 21.6. The van der Waals surface area contributed by atoms with Gasteiger partial charge in [-0.1, -0.05) is 58.7 Å². The van der Waals surface area contributed by atoms with Gasteiger partial charge in [0.15, 0.2) is 0 Å². The normalized spacial score (nSPS) is 10.5. The van der Waals surface area contributed by atoms with Gasteiger partial charge in [-0.25, -0.2) is 0 Å². The van der Waals surface area contributed by atoms with E-state index in [0.29, 0.717) is 0 Å². The maximum absolute atomic E-state index is 5.61. The molecule has 0 heterocycles. The van der Waals surface area contributed by atoms with Gasteiger partial charge in [0.05, 0.1) is 13.4 Å². The summed E-state index contributed by atoms with van der Waals surface area (Å²) in [6, 6.07) is 22.2. The summed E-state index contributed by atoms with van der Waals surface area (Å²) in [4.78, 5) is 0. The molecule has 0 unspecified atom stereocenters. The molecule has 2 nitrogen and oxygen atoms in total. The third-order valence-electron chi connectivity index (χ3n) is 4.00. The van der Waals surface area contributed by atoms with Crippen molar-refractivity contribution in [2.24, 2.45) is 5.41 Å². The number of rotatable bonds is 4. The van der Waals surface area contributed by atoms with Gasteiger partial charge in [0.1, 0.15) is 11.5 Å². The van der Waals surface area contributed by atoms with E-state index in [1.807, 2.05) is 30.3 Å². The Morgan fingerprint density at radius 3 is 2.20 bits per heavy atom. The molecule has 0 amide bonds. The van der Waals surface area contributed by atoms with E-state index in [2.05, 4.69) is 82.9 Å². The molecule has 158 valence electrons. The smallest absolute Gasteiger partial charge is 0.130 e. The Bertz CT molecular complexity index is 861. The zero-order valence-electron chi connectivity index (χ0n) is 19.0. The average molecular weight is 454 g/mol. The van der Waals surface area contributed by atoms with Crippen LogP contribution in [0.5, 0.6) is 11.5 Å². The molecular formula is C26H33O2SiTi-. The first-order chi connectivity index (χ1) is 13.8. The molecule has 0 aromatic heterocycles. The molecule has 0 spiro atoms. The van der Waals surface area contributed by atoms with Gasteiger partial charge in [0, 0.05) is 37.3 Å². The van der Waals surface area contributed by atoms with Gasteiger partial charge in [-0.3, -0.25) is 0 Å². The molecule has 0 saturated carbocycles. The van der Waals surface area contributed by atoms with Gasteiger partial charge in [-0.05, 0) is 23.1 Å². The van der Waals surface area contributed by atoms with Crippen molar-refractivity contribution in [1.82, 2.24) is 0 Å². The second-order valence-corrected chi connectivity index (χ2v) is 8.48. The fraction of sp³-hybridized carbons (Fsp3) is 0.269. The third-order valence-corrected chi connectivity index (χ3v) is 4.00. The van der Waals surface area contributed by atoms with Crippen molar-refractivity contribution in [2.45, 2.75) is 33.9 Å². The largest absolute Gasteiger partial charge is 0.497 e. The predicted molar refractivity (Wildman–Crippen MR) is 128 cm³/mol. The fourth-order valence-electron chi connectivity index (χ4n) is 2.41. The number of hydrogen-bond acceptors (Lipinski definition) is 2. The van der Waals surface area contributed by atoms with Crippen LogP contribution in [0.15, 0.2) is 91.2 Å². The van der Waals surface area contributed by atoms with Crippen molar-refractivity contribution in [3.8, 4) is 11.5 Å². The molecule has 30 heavy (non-hydrogen) atoms. The van der Waals surface area contributed by atoms with Crippen LogP contribution in [0.4, 0.5) is 0 Å². The first kappa shape index (κ1) is 28.1. The number of benzene rings is 2. The average Bonchev–Trinajstić information content (AvgIpc) is 3.17. The number of ether oxygens (including phenoxy) is 2. The first-order valence-electron chi connectivity index (χ1n) is 9.68. The van der Waals surface area contributed by atoms with Gasteiger partial charge in [0.25, 0.3) is 0 Å². The Morgan fingerprint density at radius 2 is 1.63 bits per heavy atom. The predicted octanol–water partition coefficient (Wildman–Crippen LogP) is 7.53. The number of allylic oxidation sites excluding steroid dienone is 2. The van der Waals surface area contributed by atoms with Gasteiger partial charge in [-0.2, -0.15) is 17.5 Å². The van der Waals surface area contributed by atoms with E-state index in [4.69, 9.17) is 9.47 Å². The van der Waals surface area contributed by atoms with E-state index in [9.17, 15) is 0 Å². The molecular weight excluding hydrogens is 420 g/mol. The molecule has 2 radical (unpaired) electrons. The summed E-state index contributed by atoms with van der Waals surface area (Å²) in [5, 5.41) is 2.66. The van der Waals surface area contributed by atoms with Crippen LogP contribution in [0.25, 0.3) is 10.8 Å². The topological polar surface area (TPSA) is 18.5 Å². The van der Waals surface area contributed by atoms with Crippen LogP contribution in [0.1, 0.15) is 20.8 Å². The van der Waals surface area contributed by atoms with Gasteiger partial charge < -0.3 is 9.47 Å². The Labute approximate surface area is 200 Å².